The van der Waals surface area contributed by atoms with Crippen molar-refractivity contribution in [2.24, 2.45) is 0 Å². The molecule has 0 spiro atoms. The summed E-state index contributed by atoms with van der Waals surface area (Å²) in [5.74, 6) is -3.12. The average Bonchev–Trinajstić information content (AvgIpc) is 3.30. The van der Waals surface area contributed by atoms with Gasteiger partial charge in [-0.25, -0.2) is 19.2 Å². The maximum Gasteiger partial charge on any atom is 0.340 e. The molecule has 0 aliphatic carbocycles. The van der Waals surface area contributed by atoms with Gasteiger partial charge in [0.25, 0.3) is 0 Å². The predicted octanol–water partition coefficient (Wildman–Crippen LogP) is 6.57. The minimum Gasteiger partial charge on any atom is -0.459 e. The lowest BCUT2D eigenvalue weighted by Crippen LogP contribution is -2.53. The molecule has 45 heavy (non-hydrogen) atoms. The van der Waals surface area contributed by atoms with E-state index >= 15 is 0 Å². The predicted molar refractivity (Wildman–Crippen MR) is 163 cm³/mol. The first-order valence-corrected chi connectivity index (χ1v) is 14.5. The third-order valence-corrected chi connectivity index (χ3v) is 7.49. The lowest BCUT2D eigenvalue weighted by Gasteiger charge is -2.33. The fourth-order valence-electron chi connectivity index (χ4n) is 4.61. The van der Waals surface area contributed by atoms with Crippen LogP contribution in [0.3, 0.4) is 0 Å². The minimum atomic E-state index is -1.91. The van der Waals surface area contributed by atoms with E-state index in [4.69, 9.17) is 46.9 Å². The topological polar surface area (TPSA) is 114 Å². The number of halogens is 2. The number of esters is 4. The molecule has 1 fully saturated rings. The highest BCUT2D eigenvalue weighted by Gasteiger charge is 2.61. The molecule has 0 N–H and O–H groups in total. The monoisotopic (exact) mass is 648 g/mol. The Hall–Kier alpha value is -4.70. The highest BCUT2D eigenvalue weighted by Crippen LogP contribution is 2.39. The summed E-state index contributed by atoms with van der Waals surface area (Å²) in [6.07, 6.45) is -4.24. The smallest absolute Gasteiger partial charge is 0.340 e. The molecule has 4 aromatic carbocycles. The van der Waals surface area contributed by atoms with Gasteiger partial charge in [0.1, 0.15) is 12.7 Å². The van der Waals surface area contributed by atoms with Crippen LogP contribution in [0.2, 0.25) is 10.0 Å². The molecule has 1 aliphatic heterocycles. The quantitative estimate of drug-likeness (QED) is 0.147. The first-order valence-electron chi connectivity index (χ1n) is 13.7. The molecule has 230 valence electrons. The van der Waals surface area contributed by atoms with Gasteiger partial charge in [0.15, 0.2) is 6.10 Å². The Bertz CT molecular complexity index is 1660. The molecule has 0 bridgehead atoms. The fourth-order valence-corrected chi connectivity index (χ4v) is 4.86. The third-order valence-electron chi connectivity index (χ3n) is 6.99. The Morgan fingerprint density at radius 3 is 1.60 bits per heavy atom. The van der Waals surface area contributed by atoms with Gasteiger partial charge in [-0.3, -0.25) is 0 Å². The van der Waals surface area contributed by atoms with E-state index in [1.807, 2.05) is 0 Å². The normalized spacial score (nSPS) is 20.6. The van der Waals surface area contributed by atoms with Crippen LogP contribution in [0, 0.1) is 0 Å². The van der Waals surface area contributed by atoms with Crippen LogP contribution >= 0.6 is 23.2 Å². The molecule has 4 atom stereocenters. The summed E-state index contributed by atoms with van der Waals surface area (Å²) in [5, 5.41) is 0.830. The molecular formula is C34H26Cl2O9. The Kier molecular flexibility index (Phi) is 9.83. The second kappa shape index (κ2) is 13.9. The van der Waals surface area contributed by atoms with E-state index in [9.17, 15) is 19.2 Å². The lowest BCUT2D eigenvalue weighted by atomic mass is 9.96. The van der Waals surface area contributed by atoms with Crippen LogP contribution in [0.5, 0.6) is 0 Å². The Labute approximate surface area is 268 Å². The van der Waals surface area contributed by atoms with Crippen LogP contribution in [0.15, 0.2) is 109 Å². The van der Waals surface area contributed by atoms with Crippen molar-refractivity contribution in [1.29, 1.82) is 0 Å². The summed E-state index contributed by atoms with van der Waals surface area (Å²) in [5.41, 5.74) is -1.18. The summed E-state index contributed by atoms with van der Waals surface area (Å²) >= 11 is 11.9. The molecule has 9 nitrogen and oxygen atoms in total. The first kappa shape index (κ1) is 31.7. The number of rotatable bonds is 9. The van der Waals surface area contributed by atoms with Crippen molar-refractivity contribution in [3.63, 3.8) is 0 Å². The fraction of sp³-hybridized carbons (Fsp3) is 0.176. The molecule has 5 rings (SSSR count). The van der Waals surface area contributed by atoms with E-state index in [2.05, 4.69) is 0 Å². The minimum absolute atomic E-state index is 0.137. The molecule has 4 aromatic rings. The van der Waals surface area contributed by atoms with E-state index in [1.165, 1.54) is 79.7 Å². The van der Waals surface area contributed by atoms with Crippen molar-refractivity contribution in [2.45, 2.75) is 31.0 Å². The van der Waals surface area contributed by atoms with Gasteiger partial charge in [-0.2, -0.15) is 0 Å². The highest BCUT2D eigenvalue weighted by atomic mass is 35.5. The molecule has 0 aromatic heterocycles. The number of hydrogen-bond donors (Lipinski definition) is 0. The van der Waals surface area contributed by atoms with Gasteiger partial charge in [0.2, 0.25) is 11.9 Å². The van der Waals surface area contributed by atoms with Crippen LogP contribution in [0.25, 0.3) is 0 Å². The second-order valence-corrected chi connectivity index (χ2v) is 11.0. The zero-order valence-electron chi connectivity index (χ0n) is 23.8. The Morgan fingerprint density at radius 1 is 0.622 bits per heavy atom. The number of carbonyl (C=O) groups excluding carboxylic acids is 4. The molecule has 1 aliphatic rings. The zero-order valence-corrected chi connectivity index (χ0v) is 25.3. The van der Waals surface area contributed by atoms with Crippen LogP contribution in [-0.4, -0.2) is 54.6 Å². The Balaban J connectivity index is 1.48. The molecule has 1 unspecified atom stereocenters. The summed E-state index contributed by atoms with van der Waals surface area (Å²) in [4.78, 5) is 52.7. The van der Waals surface area contributed by atoms with Gasteiger partial charge in [0, 0.05) is 10.0 Å². The van der Waals surface area contributed by atoms with Crippen molar-refractivity contribution in [3.8, 4) is 0 Å². The molecule has 0 radical (unpaired) electrons. The summed E-state index contributed by atoms with van der Waals surface area (Å²) in [6.45, 7) is 0.954. The third kappa shape index (κ3) is 7.51. The van der Waals surface area contributed by atoms with Crippen molar-refractivity contribution >= 4 is 47.1 Å². The van der Waals surface area contributed by atoms with Gasteiger partial charge in [0.05, 0.1) is 22.3 Å². The van der Waals surface area contributed by atoms with Crippen LogP contribution in [-0.2, 0) is 23.7 Å². The van der Waals surface area contributed by atoms with Gasteiger partial charge in [-0.15, -0.1) is 0 Å². The molecule has 0 amide bonds. The summed E-state index contributed by atoms with van der Waals surface area (Å²) in [6, 6.07) is 28.1. The number of ether oxygens (including phenoxy) is 5. The van der Waals surface area contributed by atoms with E-state index in [0.717, 1.165) is 0 Å². The number of carbonyl (C=O) groups is 4. The van der Waals surface area contributed by atoms with Crippen LogP contribution in [0.4, 0.5) is 0 Å². The zero-order chi connectivity index (χ0) is 32.0. The van der Waals surface area contributed by atoms with Crippen molar-refractivity contribution in [3.05, 3.63) is 141 Å². The Morgan fingerprint density at radius 2 is 1.07 bits per heavy atom. The van der Waals surface area contributed by atoms with Gasteiger partial charge in [-0.1, -0.05) is 59.6 Å². The van der Waals surface area contributed by atoms with Crippen molar-refractivity contribution < 1.29 is 42.9 Å². The first-order chi connectivity index (χ1) is 21.6. The standard InChI is InChI=1S/C34H26Cl2O9/c1-34(45-32(40)22-10-6-3-7-11-22)28(43-30(38)24-14-18-26(36)19-15-24)27(20-41-29(37)23-12-16-25(35)17-13-23)42-33(34)44-31(39)21-8-4-2-5-9-21/h2-19,27-28,33H,20H2,1H3/t27-,28-,33?,34-/m1/s1. The van der Waals surface area contributed by atoms with E-state index < -0.39 is 54.6 Å². The van der Waals surface area contributed by atoms with Gasteiger partial charge >= 0.3 is 23.9 Å². The molecular weight excluding hydrogens is 623 g/mol. The molecule has 11 heteroatoms. The summed E-state index contributed by atoms with van der Waals surface area (Å²) in [7, 11) is 0. The van der Waals surface area contributed by atoms with Crippen LogP contribution in [0.1, 0.15) is 48.4 Å². The lowest BCUT2D eigenvalue weighted by molar-refractivity contribution is -0.175. The maximum absolute atomic E-state index is 13.4. The molecule has 0 saturated carbocycles. The largest absolute Gasteiger partial charge is 0.459 e. The van der Waals surface area contributed by atoms with Crippen molar-refractivity contribution in [1.82, 2.24) is 0 Å². The van der Waals surface area contributed by atoms with Gasteiger partial charge < -0.3 is 23.7 Å². The second-order valence-electron chi connectivity index (χ2n) is 10.2. The number of benzene rings is 4. The van der Waals surface area contributed by atoms with Gasteiger partial charge in [-0.05, 0) is 79.7 Å². The van der Waals surface area contributed by atoms with E-state index in [1.54, 1.807) is 36.4 Å². The highest BCUT2D eigenvalue weighted by molar-refractivity contribution is 6.31. The molecule has 1 heterocycles. The van der Waals surface area contributed by atoms with Crippen molar-refractivity contribution in [2.75, 3.05) is 6.61 Å². The maximum atomic E-state index is 13.4. The average molecular weight is 649 g/mol. The van der Waals surface area contributed by atoms with Crippen LogP contribution < -0.4 is 0 Å². The SMILES string of the molecule is C[C@]1(OC(=O)c2ccccc2)C(OC(=O)c2ccccc2)O[C@H](COC(=O)c2ccc(Cl)cc2)[C@H]1OC(=O)c1ccc(Cl)cc1. The summed E-state index contributed by atoms with van der Waals surface area (Å²) < 4.78 is 29.1. The number of hydrogen-bond acceptors (Lipinski definition) is 9. The van der Waals surface area contributed by atoms with E-state index in [-0.39, 0.29) is 22.3 Å². The van der Waals surface area contributed by atoms with E-state index in [0.29, 0.717) is 10.0 Å². The molecule has 1 saturated heterocycles.